The minimum absolute atomic E-state index is 0.266. The van der Waals surface area contributed by atoms with Crippen molar-refractivity contribution in [2.45, 2.75) is 135 Å². The molecule has 0 amide bonds. The van der Waals surface area contributed by atoms with E-state index in [1.54, 1.807) is 0 Å². The normalized spacial score (nSPS) is 11.8. The Morgan fingerprint density at radius 3 is 1.08 bits per heavy atom. The van der Waals surface area contributed by atoms with Crippen LogP contribution in [0.4, 0.5) is 0 Å². The molecular weight excluding hydrogens is 470 g/mol. The fourth-order valence-corrected chi connectivity index (χ4v) is 5.09. The average molecular weight is 527 g/mol. The van der Waals surface area contributed by atoms with Crippen LogP contribution in [-0.4, -0.2) is 63.9 Å². The van der Waals surface area contributed by atoms with Gasteiger partial charge in [0.25, 0.3) is 0 Å². The summed E-state index contributed by atoms with van der Waals surface area (Å²) in [4.78, 5) is 33.6. The third-order valence-electron chi connectivity index (χ3n) is 7.07. The van der Waals surface area contributed by atoms with Crippen molar-refractivity contribution in [3.05, 3.63) is 12.2 Å². The number of carboxylic acid groups (broad SMARTS) is 3. The maximum absolute atomic E-state index is 11.2. The van der Waals surface area contributed by atoms with Gasteiger partial charge in [0.2, 0.25) is 0 Å². The molecule has 0 unspecified atom stereocenters. The molecule has 0 atom stereocenters. The maximum atomic E-state index is 11.2. The number of allylic oxidation sites excluding steroid dienone is 2. The molecule has 3 N–H and O–H groups in total. The largest absolute Gasteiger partial charge is 0.477 e. The van der Waals surface area contributed by atoms with Crippen molar-refractivity contribution in [1.82, 2.24) is 0 Å². The number of nitrogens with zero attached hydrogens (tertiary/aromatic N) is 1. The van der Waals surface area contributed by atoms with Gasteiger partial charge in [-0.05, 0) is 32.1 Å². The van der Waals surface area contributed by atoms with Crippen molar-refractivity contribution in [2.24, 2.45) is 0 Å². The van der Waals surface area contributed by atoms with Gasteiger partial charge in [-0.2, -0.15) is 0 Å². The van der Waals surface area contributed by atoms with E-state index in [4.69, 9.17) is 15.3 Å². The fourth-order valence-electron chi connectivity index (χ4n) is 5.09. The highest BCUT2D eigenvalue weighted by atomic mass is 16.4. The summed E-state index contributed by atoms with van der Waals surface area (Å²) in [5, 5.41) is 27.4. The number of hydrogen-bond donors (Lipinski definition) is 3. The molecule has 0 heterocycles. The van der Waals surface area contributed by atoms with Gasteiger partial charge in [0.1, 0.15) is 0 Å². The number of aliphatic carboxylic acids is 3. The van der Waals surface area contributed by atoms with E-state index in [0.717, 1.165) is 25.7 Å². The van der Waals surface area contributed by atoms with Crippen LogP contribution in [0.15, 0.2) is 12.2 Å². The van der Waals surface area contributed by atoms with Gasteiger partial charge < -0.3 is 15.3 Å². The van der Waals surface area contributed by atoms with Gasteiger partial charge in [-0.1, -0.05) is 115 Å². The average Bonchev–Trinajstić information content (AvgIpc) is 2.81. The minimum atomic E-state index is -1.17. The number of unbranched alkanes of at least 4 members (excludes halogenated alkanes) is 18. The zero-order chi connectivity index (χ0) is 27.6. The SMILES string of the molecule is CC/C=C/CCCCCCCCCCCCCCCCCCCC[N+](CC(=O)O)(CC(=O)O)CC(=O)O. The Morgan fingerprint density at radius 2 is 0.784 bits per heavy atom. The number of rotatable bonds is 28. The van der Waals surface area contributed by atoms with Crippen LogP contribution in [-0.2, 0) is 14.4 Å². The zero-order valence-corrected chi connectivity index (χ0v) is 23.6. The van der Waals surface area contributed by atoms with Crippen LogP contribution in [0.5, 0.6) is 0 Å². The lowest BCUT2D eigenvalue weighted by molar-refractivity contribution is -0.907. The topological polar surface area (TPSA) is 112 Å². The second-order valence-corrected chi connectivity index (χ2v) is 10.8. The van der Waals surface area contributed by atoms with Crippen LogP contribution in [0.2, 0.25) is 0 Å². The van der Waals surface area contributed by atoms with Crippen molar-refractivity contribution < 1.29 is 34.2 Å². The second kappa shape index (κ2) is 24.4. The molecule has 0 aromatic rings. The molecular formula is C30H56NO6+. The van der Waals surface area contributed by atoms with Gasteiger partial charge in [-0.15, -0.1) is 0 Å². The van der Waals surface area contributed by atoms with Crippen LogP contribution in [0.25, 0.3) is 0 Å². The summed E-state index contributed by atoms with van der Waals surface area (Å²) in [7, 11) is 0. The van der Waals surface area contributed by atoms with Crippen LogP contribution in [0, 0.1) is 0 Å². The van der Waals surface area contributed by atoms with Crippen molar-refractivity contribution in [3.8, 4) is 0 Å². The summed E-state index contributed by atoms with van der Waals surface area (Å²) < 4.78 is -0.433. The van der Waals surface area contributed by atoms with Gasteiger partial charge in [0.15, 0.2) is 19.6 Å². The van der Waals surface area contributed by atoms with Crippen molar-refractivity contribution in [2.75, 3.05) is 26.2 Å². The fraction of sp³-hybridized carbons (Fsp3) is 0.833. The molecule has 0 aliphatic carbocycles. The Labute approximate surface area is 225 Å². The first-order chi connectivity index (χ1) is 17.8. The predicted molar refractivity (Wildman–Crippen MR) is 150 cm³/mol. The van der Waals surface area contributed by atoms with Gasteiger partial charge in [-0.3, -0.25) is 4.48 Å². The Balaban J connectivity index is 3.61. The van der Waals surface area contributed by atoms with Gasteiger partial charge in [-0.25, -0.2) is 14.4 Å². The summed E-state index contributed by atoms with van der Waals surface area (Å²) in [5.74, 6) is -3.50. The molecule has 37 heavy (non-hydrogen) atoms. The molecule has 0 spiro atoms. The van der Waals surface area contributed by atoms with Crippen molar-refractivity contribution in [3.63, 3.8) is 0 Å². The molecule has 7 nitrogen and oxygen atoms in total. The van der Waals surface area contributed by atoms with E-state index in [-0.39, 0.29) is 6.54 Å². The van der Waals surface area contributed by atoms with E-state index in [1.807, 2.05) is 0 Å². The Kier molecular flexibility index (Phi) is 23.2. The monoisotopic (exact) mass is 526 g/mol. The summed E-state index contributed by atoms with van der Waals surface area (Å²) in [6.45, 7) is 1.02. The lowest BCUT2D eigenvalue weighted by Gasteiger charge is -2.34. The molecule has 7 heteroatoms. The highest BCUT2D eigenvalue weighted by molar-refractivity contribution is 5.73. The number of quaternary nitrogens is 1. The molecule has 216 valence electrons. The van der Waals surface area contributed by atoms with E-state index in [2.05, 4.69) is 19.1 Å². The lowest BCUT2D eigenvalue weighted by atomic mass is 10.0. The molecule has 0 fully saturated rings. The predicted octanol–water partition coefficient (Wildman–Crippen LogP) is 7.44. The van der Waals surface area contributed by atoms with Gasteiger partial charge in [0, 0.05) is 0 Å². The summed E-state index contributed by atoms with van der Waals surface area (Å²) >= 11 is 0. The first-order valence-electron chi connectivity index (χ1n) is 15.0. The van der Waals surface area contributed by atoms with E-state index in [9.17, 15) is 14.4 Å². The first kappa shape index (κ1) is 35.1. The lowest BCUT2D eigenvalue weighted by Crippen LogP contribution is -2.57. The standard InChI is InChI=1S/C30H55NO6/c1-2-3-4-5-6-7-8-9-10-11-12-13-14-15-16-17-18-19-20-21-22-23-24-31(25-28(32)33,26-29(34)35)27-30(36)37/h3-4H,2,5-27H2,1H3,(H2-,32,33,34,35,36,37)/p+1/b4-3+. The highest BCUT2D eigenvalue weighted by Crippen LogP contribution is 2.16. The van der Waals surface area contributed by atoms with Gasteiger partial charge in [0.05, 0.1) is 6.54 Å². The minimum Gasteiger partial charge on any atom is -0.477 e. The van der Waals surface area contributed by atoms with Crippen molar-refractivity contribution in [1.29, 1.82) is 0 Å². The van der Waals surface area contributed by atoms with Crippen LogP contribution in [0.1, 0.15) is 135 Å². The molecule has 0 aliphatic heterocycles. The van der Waals surface area contributed by atoms with E-state index in [1.165, 1.54) is 96.3 Å². The van der Waals surface area contributed by atoms with Crippen molar-refractivity contribution >= 4 is 17.9 Å². The Bertz CT molecular complexity index is 578. The molecule has 0 aliphatic rings. The third-order valence-corrected chi connectivity index (χ3v) is 7.07. The number of carbonyl (C=O) groups is 3. The van der Waals surface area contributed by atoms with E-state index < -0.39 is 42.0 Å². The molecule has 0 radical (unpaired) electrons. The number of hydrogen-bond acceptors (Lipinski definition) is 3. The zero-order valence-electron chi connectivity index (χ0n) is 23.6. The summed E-state index contributed by atoms with van der Waals surface area (Å²) in [6.07, 6.45) is 29.4. The van der Waals surface area contributed by atoms with Gasteiger partial charge >= 0.3 is 17.9 Å². The number of carboxylic acids is 3. The second-order valence-electron chi connectivity index (χ2n) is 10.8. The molecule has 0 rings (SSSR count). The smallest absolute Gasteiger partial charge is 0.359 e. The molecule has 0 saturated carbocycles. The third kappa shape index (κ3) is 24.2. The Hall–Kier alpha value is -1.89. The summed E-state index contributed by atoms with van der Waals surface area (Å²) in [5.41, 5.74) is 0. The van der Waals surface area contributed by atoms with Crippen LogP contribution >= 0.6 is 0 Å². The molecule has 0 aromatic carbocycles. The quantitative estimate of drug-likeness (QED) is 0.0555. The van der Waals surface area contributed by atoms with Crippen LogP contribution in [0.3, 0.4) is 0 Å². The van der Waals surface area contributed by atoms with E-state index >= 15 is 0 Å². The molecule has 0 saturated heterocycles. The molecule has 0 aromatic heterocycles. The summed E-state index contributed by atoms with van der Waals surface area (Å²) in [6, 6.07) is 0. The maximum Gasteiger partial charge on any atom is 0.359 e. The van der Waals surface area contributed by atoms with Crippen LogP contribution < -0.4 is 0 Å². The highest BCUT2D eigenvalue weighted by Gasteiger charge is 2.35. The Morgan fingerprint density at radius 1 is 0.486 bits per heavy atom. The first-order valence-corrected chi connectivity index (χ1v) is 15.0. The molecule has 0 bridgehead atoms. The van der Waals surface area contributed by atoms with E-state index in [0.29, 0.717) is 6.42 Å².